The number of amides is 1. The average molecular weight is 824 g/mol. The van der Waals surface area contributed by atoms with Gasteiger partial charge in [0.1, 0.15) is 30.5 Å². The van der Waals surface area contributed by atoms with Crippen LogP contribution in [0.1, 0.15) is 201 Å². The molecular formula is C48H89NO9. The number of carbonyl (C=O) groups excluding carboxylic acids is 1. The molecule has 1 aliphatic rings. The van der Waals surface area contributed by atoms with Gasteiger partial charge >= 0.3 is 0 Å². The largest absolute Gasteiger partial charge is 0.394 e. The first kappa shape index (κ1) is 54.4. The number of hydrogen-bond acceptors (Lipinski definition) is 9. The molecule has 0 radical (unpaired) electrons. The van der Waals surface area contributed by atoms with Crippen molar-refractivity contribution in [2.24, 2.45) is 0 Å². The zero-order valence-electron chi connectivity index (χ0n) is 37.1. The minimum Gasteiger partial charge on any atom is -0.394 e. The first-order chi connectivity index (χ1) is 28.2. The zero-order valence-corrected chi connectivity index (χ0v) is 37.1. The van der Waals surface area contributed by atoms with Crippen molar-refractivity contribution in [1.82, 2.24) is 5.32 Å². The maximum atomic E-state index is 13.1. The van der Waals surface area contributed by atoms with Crippen LogP contribution >= 0.6 is 0 Å². The number of aliphatic hydroxyl groups is 6. The second kappa shape index (κ2) is 37.2. The summed E-state index contributed by atoms with van der Waals surface area (Å²) >= 11 is 0. The second-order valence-electron chi connectivity index (χ2n) is 16.9. The van der Waals surface area contributed by atoms with Gasteiger partial charge in [-0.1, -0.05) is 197 Å². The van der Waals surface area contributed by atoms with E-state index in [0.29, 0.717) is 19.3 Å². The summed E-state index contributed by atoms with van der Waals surface area (Å²) in [5.74, 6) is -0.632. The quantitative estimate of drug-likeness (QED) is 0.0183. The summed E-state index contributed by atoms with van der Waals surface area (Å²) in [5.41, 5.74) is 1.18. The van der Waals surface area contributed by atoms with Crippen LogP contribution in [0.3, 0.4) is 0 Å². The van der Waals surface area contributed by atoms with Gasteiger partial charge < -0.3 is 45.4 Å². The van der Waals surface area contributed by atoms with Crippen molar-refractivity contribution < 1.29 is 44.9 Å². The number of unbranched alkanes of at least 4 members (excludes halogenated alkanes) is 24. The standard InChI is InChI=1S/C48H89NO9/c1-4-6-8-10-12-13-14-15-16-17-18-19-20-21-22-23-25-27-31-36-42(52)47(56)49-40(38-57-48-46(55)45(54)44(53)43(37-50)58-48)41(51)35-32-28-30-34-39(3)33-29-26-24-11-9-7-5-2/h29,32-35,40-46,48,50-55H,4-28,30-31,36-38H2,1-3H3,(H,49,56)/b33-29+,35-32+,39-34+/t40-,41+,42+,43+,44+,45-,46+,48+/m0/s1. The topological polar surface area (TPSA) is 169 Å². The summed E-state index contributed by atoms with van der Waals surface area (Å²) in [6.45, 7) is 5.63. The fourth-order valence-electron chi connectivity index (χ4n) is 7.44. The summed E-state index contributed by atoms with van der Waals surface area (Å²) in [6, 6.07) is -1.01. The average Bonchev–Trinajstić information content (AvgIpc) is 3.22. The minimum atomic E-state index is -1.62. The molecule has 0 spiro atoms. The molecule has 10 heteroatoms. The van der Waals surface area contributed by atoms with Crippen LogP contribution in [-0.4, -0.2) is 98.7 Å². The Morgan fingerprint density at radius 1 is 0.655 bits per heavy atom. The van der Waals surface area contributed by atoms with Crippen molar-refractivity contribution >= 4 is 5.91 Å². The van der Waals surface area contributed by atoms with E-state index >= 15 is 0 Å². The molecule has 1 saturated heterocycles. The van der Waals surface area contributed by atoms with Crippen molar-refractivity contribution in [3.63, 3.8) is 0 Å². The second-order valence-corrected chi connectivity index (χ2v) is 16.9. The molecule has 0 aromatic carbocycles. The van der Waals surface area contributed by atoms with Gasteiger partial charge in [-0.25, -0.2) is 0 Å². The lowest BCUT2D eigenvalue weighted by molar-refractivity contribution is -0.302. The Balaban J connectivity index is 2.45. The highest BCUT2D eigenvalue weighted by molar-refractivity contribution is 5.80. The number of ether oxygens (including phenoxy) is 2. The monoisotopic (exact) mass is 824 g/mol. The molecule has 7 N–H and O–H groups in total. The molecule has 1 aliphatic heterocycles. The molecule has 1 rings (SSSR count). The van der Waals surface area contributed by atoms with Crippen molar-refractivity contribution in [2.45, 2.75) is 250 Å². The molecule has 58 heavy (non-hydrogen) atoms. The van der Waals surface area contributed by atoms with Crippen LogP contribution in [0.2, 0.25) is 0 Å². The van der Waals surface area contributed by atoms with Crippen LogP contribution in [0.5, 0.6) is 0 Å². The molecule has 0 bridgehead atoms. The van der Waals surface area contributed by atoms with Gasteiger partial charge in [-0.05, 0) is 39.0 Å². The van der Waals surface area contributed by atoms with Gasteiger partial charge in [0.05, 0.1) is 25.4 Å². The Bertz CT molecular complexity index is 1050. The SMILES string of the molecule is CCCCCCC/C=C/C(C)=C/CC/C=C/[C@@H](O)[C@H](CO[C@@H]1O[C@H](CO)[C@@H](O)[C@H](O)[C@H]1O)NC(=O)[C@H](O)CCCCCCCCCCCCCCCCCCCCC. The predicted molar refractivity (Wildman–Crippen MR) is 236 cm³/mol. The minimum absolute atomic E-state index is 0.301. The van der Waals surface area contributed by atoms with E-state index in [2.05, 4.69) is 44.3 Å². The van der Waals surface area contributed by atoms with E-state index in [1.807, 2.05) is 6.08 Å². The van der Waals surface area contributed by atoms with Gasteiger partial charge in [0.15, 0.2) is 6.29 Å². The van der Waals surface area contributed by atoms with Gasteiger partial charge in [-0.2, -0.15) is 0 Å². The Kier molecular flexibility index (Phi) is 34.8. The van der Waals surface area contributed by atoms with Gasteiger partial charge in [-0.3, -0.25) is 4.79 Å². The molecule has 10 nitrogen and oxygen atoms in total. The van der Waals surface area contributed by atoms with Crippen LogP contribution < -0.4 is 5.32 Å². The van der Waals surface area contributed by atoms with Crippen LogP contribution in [-0.2, 0) is 14.3 Å². The van der Waals surface area contributed by atoms with E-state index in [4.69, 9.17) is 9.47 Å². The third kappa shape index (κ3) is 27.3. The maximum Gasteiger partial charge on any atom is 0.249 e. The molecular weight excluding hydrogens is 735 g/mol. The van der Waals surface area contributed by atoms with E-state index in [1.54, 1.807) is 6.08 Å². The van der Waals surface area contributed by atoms with Crippen LogP contribution in [0.4, 0.5) is 0 Å². The van der Waals surface area contributed by atoms with Crippen LogP contribution in [0, 0.1) is 0 Å². The number of allylic oxidation sites excluding steroid dienone is 5. The number of carbonyl (C=O) groups is 1. The lowest BCUT2D eigenvalue weighted by Crippen LogP contribution is -2.60. The molecule has 0 saturated carbocycles. The Labute approximate surface area is 354 Å². The maximum absolute atomic E-state index is 13.1. The molecule has 340 valence electrons. The van der Waals surface area contributed by atoms with Gasteiger partial charge in [0, 0.05) is 0 Å². The molecule has 1 heterocycles. The van der Waals surface area contributed by atoms with E-state index in [0.717, 1.165) is 32.1 Å². The van der Waals surface area contributed by atoms with Gasteiger partial charge in [0.25, 0.3) is 0 Å². The summed E-state index contributed by atoms with van der Waals surface area (Å²) < 4.78 is 11.1. The third-order valence-corrected chi connectivity index (χ3v) is 11.4. The molecule has 0 aromatic rings. The first-order valence-electron chi connectivity index (χ1n) is 23.7. The van der Waals surface area contributed by atoms with Gasteiger partial charge in [-0.15, -0.1) is 0 Å². The highest BCUT2D eigenvalue weighted by atomic mass is 16.7. The summed E-state index contributed by atoms with van der Waals surface area (Å²) in [7, 11) is 0. The molecule has 8 atom stereocenters. The molecule has 0 aliphatic carbocycles. The normalized spacial score (nSPS) is 21.9. The number of hydrogen-bond donors (Lipinski definition) is 7. The lowest BCUT2D eigenvalue weighted by Gasteiger charge is -2.40. The van der Waals surface area contributed by atoms with Crippen molar-refractivity contribution in [3.8, 4) is 0 Å². The predicted octanol–water partition coefficient (Wildman–Crippen LogP) is 9.03. The van der Waals surface area contributed by atoms with Gasteiger partial charge in [0.2, 0.25) is 5.91 Å². The fourth-order valence-corrected chi connectivity index (χ4v) is 7.44. The van der Waals surface area contributed by atoms with E-state index in [-0.39, 0.29) is 6.61 Å². The summed E-state index contributed by atoms with van der Waals surface area (Å²) in [5, 5.41) is 64.7. The highest BCUT2D eigenvalue weighted by Gasteiger charge is 2.44. The smallest absolute Gasteiger partial charge is 0.249 e. The van der Waals surface area contributed by atoms with E-state index in [9.17, 15) is 35.4 Å². The zero-order chi connectivity index (χ0) is 42.6. The van der Waals surface area contributed by atoms with E-state index < -0.39 is 61.5 Å². The summed E-state index contributed by atoms with van der Waals surface area (Å²) in [6.07, 6.45) is 33.4. The van der Waals surface area contributed by atoms with E-state index in [1.165, 1.54) is 134 Å². The number of nitrogens with one attached hydrogen (secondary N) is 1. The molecule has 1 fully saturated rings. The Morgan fingerprint density at radius 2 is 1.16 bits per heavy atom. The van der Waals surface area contributed by atoms with Crippen molar-refractivity contribution in [3.05, 3.63) is 36.0 Å². The number of aliphatic hydroxyl groups excluding tert-OH is 6. The fraction of sp³-hybridized carbons (Fsp3) is 0.854. The van der Waals surface area contributed by atoms with Crippen LogP contribution in [0.25, 0.3) is 0 Å². The third-order valence-electron chi connectivity index (χ3n) is 11.4. The molecule has 1 amide bonds. The van der Waals surface area contributed by atoms with Crippen LogP contribution in [0.15, 0.2) is 36.0 Å². The Hall–Kier alpha value is -1.63. The lowest BCUT2D eigenvalue weighted by atomic mass is 9.99. The van der Waals surface area contributed by atoms with Crippen molar-refractivity contribution in [1.29, 1.82) is 0 Å². The highest BCUT2D eigenvalue weighted by Crippen LogP contribution is 2.23. The molecule has 0 aromatic heterocycles. The first-order valence-corrected chi connectivity index (χ1v) is 23.7. The summed E-state index contributed by atoms with van der Waals surface area (Å²) in [4.78, 5) is 13.1. The molecule has 0 unspecified atom stereocenters. The number of rotatable bonds is 38. The van der Waals surface area contributed by atoms with Crippen molar-refractivity contribution in [2.75, 3.05) is 13.2 Å². The Morgan fingerprint density at radius 3 is 1.67 bits per heavy atom.